The third-order valence-electron chi connectivity index (χ3n) is 5.79. The van der Waals surface area contributed by atoms with Crippen LogP contribution in [-0.4, -0.2) is 40.6 Å². The fourth-order valence-electron chi connectivity index (χ4n) is 4.13. The molecule has 1 aliphatic heterocycles. The summed E-state index contributed by atoms with van der Waals surface area (Å²) >= 11 is 1.63. The van der Waals surface area contributed by atoms with E-state index in [1.165, 1.54) is 11.1 Å². The van der Waals surface area contributed by atoms with Gasteiger partial charge < -0.3 is 9.47 Å². The quantitative estimate of drug-likeness (QED) is 0.510. The SMILES string of the molecule is COc1cc(CS(=O)(=O)NCC(c2ccsc2)N2CCc3ccccc3C2)cc(OC)c1. The second-order valence-electron chi connectivity index (χ2n) is 7.89. The lowest BCUT2D eigenvalue weighted by Gasteiger charge is -2.35. The number of fused-ring (bicyclic) bond motifs is 1. The normalized spacial score (nSPS) is 15.2. The minimum absolute atomic E-state index is 0.0239. The van der Waals surface area contributed by atoms with Gasteiger partial charge in [0.2, 0.25) is 10.0 Å². The predicted octanol–water partition coefficient (Wildman–Crippen LogP) is 3.98. The Bertz CT molecular complexity index is 1120. The van der Waals surface area contributed by atoms with E-state index in [0.29, 0.717) is 23.6 Å². The molecule has 8 heteroatoms. The van der Waals surface area contributed by atoms with Crippen LogP contribution in [0.5, 0.6) is 11.5 Å². The largest absolute Gasteiger partial charge is 0.497 e. The minimum Gasteiger partial charge on any atom is -0.497 e. The van der Waals surface area contributed by atoms with E-state index in [9.17, 15) is 8.42 Å². The van der Waals surface area contributed by atoms with Gasteiger partial charge in [-0.2, -0.15) is 11.3 Å². The molecule has 6 nitrogen and oxygen atoms in total. The number of nitrogens with one attached hydrogen (secondary N) is 1. The maximum absolute atomic E-state index is 12.9. The Morgan fingerprint density at radius 2 is 1.78 bits per heavy atom. The van der Waals surface area contributed by atoms with Crippen LogP contribution in [-0.2, 0) is 28.7 Å². The summed E-state index contributed by atoms with van der Waals surface area (Å²) in [6.07, 6.45) is 0.965. The summed E-state index contributed by atoms with van der Waals surface area (Å²) in [5.41, 5.74) is 4.44. The lowest BCUT2D eigenvalue weighted by atomic mass is 9.97. The average Bonchev–Trinajstić information content (AvgIpc) is 3.33. The number of nitrogens with zero attached hydrogens (tertiary/aromatic N) is 1. The van der Waals surface area contributed by atoms with E-state index in [2.05, 4.69) is 45.3 Å². The van der Waals surface area contributed by atoms with Crippen LogP contribution < -0.4 is 14.2 Å². The summed E-state index contributed by atoms with van der Waals surface area (Å²) in [4.78, 5) is 2.36. The molecule has 1 aliphatic rings. The molecule has 0 fully saturated rings. The maximum atomic E-state index is 12.9. The third-order valence-corrected chi connectivity index (χ3v) is 7.81. The van der Waals surface area contributed by atoms with Gasteiger partial charge in [-0.25, -0.2) is 13.1 Å². The Morgan fingerprint density at radius 3 is 2.44 bits per heavy atom. The van der Waals surface area contributed by atoms with E-state index in [1.807, 2.05) is 5.38 Å². The van der Waals surface area contributed by atoms with Crippen molar-refractivity contribution in [3.05, 3.63) is 81.5 Å². The van der Waals surface area contributed by atoms with Crippen LogP contribution in [0.2, 0.25) is 0 Å². The second-order valence-corrected chi connectivity index (χ2v) is 10.5. The molecule has 0 saturated heterocycles. The first kappa shape index (κ1) is 22.8. The first-order valence-electron chi connectivity index (χ1n) is 10.5. The Kier molecular flexibility index (Phi) is 7.15. The summed E-state index contributed by atoms with van der Waals surface area (Å²) < 4.78 is 39.3. The summed E-state index contributed by atoms with van der Waals surface area (Å²) in [6.45, 7) is 2.03. The van der Waals surface area contributed by atoms with Crippen molar-refractivity contribution in [3.63, 3.8) is 0 Å². The van der Waals surface area contributed by atoms with Crippen LogP contribution in [0.1, 0.15) is 28.3 Å². The van der Waals surface area contributed by atoms with Crippen LogP contribution in [0.25, 0.3) is 0 Å². The Morgan fingerprint density at radius 1 is 1.06 bits per heavy atom. The van der Waals surface area contributed by atoms with Gasteiger partial charge in [0, 0.05) is 31.7 Å². The van der Waals surface area contributed by atoms with Crippen molar-refractivity contribution in [2.24, 2.45) is 0 Å². The molecule has 4 rings (SSSR count). The molecule has 32 heavy (non-hydrogen) atoms. The van der Waals surface area contributed by atoms with Crippen molar-refractivity contribution in [2.75, 3.05) is 27.3 Å². The van der Waals surface area contributed by atoms with Crippen LogP contribution in [0, 0.1) is 0 Å². The molecule has 2 aromatic carbocycles. The van der Waals surface area contributed by atoms with Gasteiger partial charge in [0.15, 0.2) is 0 Å². The highest BCUT2D eigenvalue weighted by atomic mass is 32.2. The van der Waals surface area contributed by atoms with Crippen molar-refractivity contribution in [1.82, 2.24) is 9.62 Å². The number of rotatable bonds is 9. The number of benzene rings is 2. The summed E-state index contributed by atoms with van der Waals surface area (Å²) in [5, 5.41) is 4.14. The minimum atomic E-state index is -3.55. The molecule has 0 radical (unpaired) electrons. The van der Waals surface area contributed by atoms with Crippen LogP contribution in [0.3, 0.4) is 0 Å². The van der Waals surface area contributed by atoms with Gasteiger partial charge in [0.25, 0.3) is 0 Å². The smallest absolute Gasteiger partial charge is 0.215 e. The lowest BCUT2D eigenvalue weighted by Crippen LogP contribution is -2.40. The van der Waals surface area contributed by atoms with Crippen molar-refractivity contribution in [2.45, 2.75) is 24.8 Å². The molecular weight excluding hydrogens is 444 g/mol. The van der Waals surface area contributed by atoms with Crippen LogP contribution >= 0.6 is 11.3 Å². The number of ether oxygens (including phenoxy) is 2. The molecular formula is C24H28N2O4S2. The predicted molar refractivity (Wildman–Crippen MR) is 128 cm³/mol. The van der Waals surface area contributed by atoms with E-state index in [4.69, 9.17) is 9.47 Å². The van der Waals surface area contributed by atoms with E-state index in [1.54, 1.807) is 43.8 Å². The number of hydrogen-bond donors (Lipinski definition) is 1. The van der Waals surface area contributed by atoms with Crippen LogP contribution in [0.4, 0.5) is 0 Å². The van der Waals surface area contributed by atoms with E-state index in [-0.39, 0.29) is 11.8 Å². The van der Waals surface area contributed by atoms with E-state index < -0.39 is 10.0 Å². The Hall–Kier alpha value is -2.39. The zero-order valence-electron chi connectivity index (χ0n) is 18.3. The van der Waals surface area contributed by atoms with Gasteiger partial charge in [0.05, 0.1) is 20.0 Å². The van der Waals surface area contributed by atoms with Gasteiger partial charge >= 0.3 is 0 Å². The fourth-order valence-corrected chi connectivity index (χ4v) is 5.96. The monoisotopic (exact) mass is 472 g/mol. The Balaban J connectivity index is 1.49. The van der Waals surface area contributed by atoms with Crippen molar-refractivity contribution in [3.8, 4) is 11.5 Å². The molecule has 0 spiro atoms. The second kappa shape index (κ2) is 10.0. The average molecular weight is 473 g/mol. The van der Waals surface area contributed by atoms with Gasteiger partial charge in [0.1, 0.15) is 11.5 Å². The first-order valence-corrected chi connectivity index (χ1v) is 13.1. The zero-order valence-corrected chi connectivity index (χ0v) is 19.9. The highest BCUT2D eigenvalue weighted by Crippen LogP contribution is 2.29. The summed E-state index contributed by atoms with van der Waals surface area (Å²) in [7, 11) is -0.456. The molecule has 2 heterocycles. The van der Waals surface area contributed by atoms with Crippen molar-refractivity contribution in [1.29, 1.82) is 0 Å². The standard InChI is InChI=1S/C24H28N2O4S2/c1-29-22-11-18(12-23(13-22)30-2)17-32(27,28)25-14-24(21-8-10-31-16-21)26-9-7-19-5-3-4-6-20(19)15-26/h3-6,8,10-13,16,24-25H,7,9,14-15,17H2,1-2H3. The third kappa shape index (κ3) is 5.50. The van der Waals surface area contributed by atoms with E-state index >= 15 is 0 Å². The molecule has 1 aromatic heterocycles. The maximum Gasteiger partial charge on any atom is 0.215 e. The van der Waals surface area contributed by atoms with Crippen molar-refractivity contribution < 1.29 is 17.9 Å². The Labute approximate surface area is 193 Å². The molecule has 170 valence electrons. The van der Waals surface area contributed by atoms with Gasteiger partial charge in [-0.05, 0) is 57.6 Å². The molecule has 3 aromatic rings. The molecule has 0 saturated carbocycles. The lowest BCUT2D eigenvalue weighted by molar-refractivity contribution is 0.180. The van der Waals surface area contributed by atoms with Crippen molar-refractivity contribution >= 4 is 21.4 Å². The molecule has 0 amide bonds. The van der Waals surface area contributed by atoms with Gasteiger partial charge in [-0.1, -0.05) is 24.3 Å². The fraction of sp³-hybridized carbons (Fsp3) is 0.333. The molecule has 1 unspecified atom stereocenters. The molecule has 0 aliphatic carbocycles. The number of hydrogen-bond acceptors (Lipinski definition) is 6. The summed E-state index contributed by atoms with van der Waals surface area (Å²) in [6, 6.07) is 15.7. The topological polar surface area (TPSA) is 67.9 Å². The molecule has 0 bridgehead atoms. The van der Waals surface area contributed by atoms with Gasteiger partial charge in [-0.15, -0.1) is 0 Å². The number of thiophene rings is 1. The van der Waals surface area contributed by atoms with E-state index in [0.717, 1.165) is 25.1 Å². The van der Waals surface area contributed by atoms with Crippen LogP contribution in [0.15, 0.2) is 59.3 Å². The zero-order chi connectivity index (χ0) is 22.6. The van der Waals surface area contributed by atoms with Gasteiger partial charge in [-0.3, -0.25) is 4.90 Å². The molecule has 1 N–H and O–H groups in total. The summed E-state index contributed by atoms with van der Waals surface area (Å²) in [5.74, 6) is 0.995. The number of sulfonamides is 1. The molecule has 1 atom stereocenters. The number of methoxy groups -OCH3 is 2. The first-order chi connectivity index (χ1) is 15.5. The highest BCUT2D eigenvalue weighted by molar-refractivity contribution is 7.88. The highest BCUT2D eigenvalue weighted by Gasteiger charge is 2.26.